The first kappa shape index (κ1) is 11.7. The maximum absolute atomic E-state index is 5.98. The molecule has 17 heavy (non-hydrogen) atoms. The van der Waals surface area contributed by atoms with E-state index in [1.54, 1.807) is 24.9 Å². The Labute approximate surface area is 104 Å². The average molecular weight is 254 g/mol. The average Bonchev–Trinajstić information content (AvgIpc) is 2.68. The van der Waals surface area contributed by atoms with E-state index in [1.807, 2.05) is 19.1 Å². The van der Waals surface area contributed by atoms with E-state index in [-0.39, 0.29) is 0 Å². The standard InChI is InChI=1S/C11H12ClN3O2/c1-7-13-14-11(12)15(7)8-4-9(16-2)6-10(5-8)17-3/h4-6H,1-3H3. The first-order chi connectivity index (χ1) is 8.15. The highest BCUT2D eigenvalue weighted by Gasteiger charge is 2.11. The molecule has 0 radical (unpaired) electrons. The lowest BCUT2D eigenvalue weighted by atomic mass is 10.2. The van der Waals surface area contributed by atoms with E-state index in [0.29, 0.717) is 22.6 Å². The second kappa shape index (κ2) is 4.63. The van der Waals surface area contributed by atoms with Crippen LogP contribution in [0.25, 0.3) is 5.69 Å². The molecule has 0 saturated heterocycles. The Morgan fingerprint density at radius 2 is 1.65 bits per heavy atom. The van der Waals surface area contributed by atoms with Crippen molar-refractivity contribution in [3.63, 3.8) is 0 Å². The predicted octanol–water partition coefficient (Wildman–Crippen LogP) is 2.25. The lowest BCUT2D eigenvalue weighted by Gasteiger charge is -2.10. The summed E-state index contributed by atoms with van der Waals surface area (Å²) in [6, 6.07) is 5.46. The summed E-state index contributed by atoms with van der Waals surface area (Å²) < 4.78 is 12.1. The van der Waals surface area contributed by atoms with Crippen LogP contribution in [0.15, 0.2) is 18.2 Å². The van der Waals surface area contributed by atoms with Crippen LogP contribution >= 0.6 is 11.6 Å². The van der Waals surface area contributed by atoms with E-state index in [1.165, 1.54) is 0 Å². The molecule has 1 heterocycles. The third kappa shape index (κ3) is 2.19. The minimum atomic E-state index is 0.304. The number of rotatable bonds is 3. The highest BCUT2D eigenvalue weighted by atomic mass is 35.5. The van der Waals surface area contributed by atoms with Gasteiger partial charge in [-0.15, -0.1) is 10.2 Å². The Balaban J connectivity index is 2.58. The van der Waals surface area contributed by atoms with Crippen molar-refractivity contribution in [2.24, 2.45) is 0 Å². The van der Waals surface area contributed by atoms with Crippen molar-refractivity contribution in [3.8, 4) is 17.2 Å². The van der Waals surface area contributed by atoms with Gasteiger partial charge in [0.1, 0.15) is 17.3 Å². The van der Waals surface area contributed by atoms with Crippen LogP contribution in [0, 0.1) is 6.92 Å². The number of hydrogen-bond donors (Lipinski definition) is 0. The van der Waals surface area contributed by atoms with E-state index >= 15 is 0 Å². The lowest BCUT2D eigenvalue weighted by Crippen LogP contribution is -1.99. The fourth-order valence-corrected chi connectivity index (χ4v) is 1.81. The number of ether oxygens (including phenoxy) is 2. The van der Waals surface area contributed by atoms with Crippen LogP contribution in [0.4, 0.5) is 0 Å². The summed E-state index contributed by atoms with van der Waals surface area (Å²) in [5.74, 6) is 2.07. The Morgan fingerprint density at radius 3 is 2.06 bits per heavy atom. The summed E-state index contributed by atoms with van der Waals surface area (Å²) in [4.78, 5) is 0. The Hall–Kier alpha value is -1.75. The maximum atomic E-state index is 5.98. The number of aryl methyl sites for hydroxylation is 1. The van der Waals surface area contributed by atoms with Crippen LogP contribution in [0.2, 0.25) is 5.28 Å². The minimum Gasteiger partial charge on any atom is -0.497 e. The highest BCUT2D eigenvalue weighted by Crippen LogP contribution is 2.27. The Kier molecular flexibility index (Phi) is 3.19. The molecular weight excluding hydrogens is 242 g/mol. The molecule has 0 aliphatic rings. The van der Waals surface area contributed by atoms with Crippen LogP contribution in [-0.4, -0.2) is 29.0 Å². The van der Waals surface area contributed by atoms with Crippen molar-refractivity contribution in [2.45, 2.75) is 6.92 Å². The molecular formula is C11H12ClN3O2. The van der Waals surface area contributed by atoms with E-state index in [0.717, 1.165) is 5.69 Å². The van der Waals surface area contributed by atoms with Crippen molar-refractivity contribution in [3.05, 3.63) is 29.3 Å². The van der Waals surface area contributed by atoms with Crippen molar-refractivity contribution < 1.29 is 9.47 Å². The third-order valence-corrected chi connectivity index (χ3v) is 2.62. The molecule has 1 aromatic heterocycles. The van der Waals surface area contributed by atoms with Gasteiger partial charge in [0.15, 0.2) is 0 Å². The monoisotopic (exact) mass is 253 g/mol. The summed E-state index contributed by atoms with van der Waals surface area (Å²) in [5, 5.41) is 8.01. The van der Waals surface area contributed by atoms with Gasteiger partial charge in [0.2, 0.25) is 5.28 Å². The van der Waals surface area contributed by atoms with Crippen LogP contribution in [0.3, 0.4) is 0 Å². The van der Waals surface area contributed by atoms with Gasteiger partial charge in [0.05, 0.1) is 19.9 Å². The molecule has 0 aliphatic heterocycles. The molecule has 6 heteroatoms. The van der Waals surface area contributed by atoms with E-state index < -0.39 is 0 Å². The first-order valence-corrected chi connectivity index (χ1v) is 5.34. The Morgan fingerprint density at radius 1 is 1.06 bits per heavy atom. The largest absolute Gasteiger partial charge is 0.497 e. The highest BCUT2D eigenvalue weighted by molar-refractivity contribution is 6.28. The molecule has 5 nitrogen and oxygen atoms in total. The smallest absolute Gasteiger partial charge is 0.229 e. The van der Waals surface area contributed by atoms with Crippen LogP contribution in [0.1, 0.15) is 5.82 Å². The second-order valence-electron chi connectivity index (χ2n) is 3.42. The van der Waals surface area contributed by atoms with Gasteiger partial charge in [-0.3, -0.25) is 4.57 Å². The first-order valence-electron chi connectivity index (χ1n) is 4.96. The molecule has 0 spiro atoms. The number of benzene rings is 1. The van der Waals surface area contributed by atoms with Gasteiger partial charge in [-0.2, -0.15) is 0 Å². The van der Waals surface area contributed by atoms with Crippen LogP contribution in [-0.2, 0) is 0 Å². The number of halogens is 1. The van der Waals surface area contributed by atoms with E-state index in [4.69, 9.17) is 21.1 Å². The second-order valence-corrected chi connectivity index (χ2v) is 3.76. The molecule has 0 aliphatic carbocycles. The summed E-state index contributed by atoms with van der Waals surface area (Å²) in [6.07, 6.45) is 0. The van der Waals surface area contributed by atoms with Gasteiger partial charge < -0.3 is 9.47 Å². The van der Waals surface area contributed by atoms with Crippen molar-refractivity contribution in [2.75, 3.05) is 14.2 Å². The molecule has 2 aromatic rings. The van der Waals surface area contributed by atoms with Crippen LogP contribution in [0.5, 0.6) is 11.5 Å². The predicted molar refractivity (Wildman–Crippen MR) is 64.2 cm³/mol. The normalized spacial score (nSPS) is 10.4. The molecule has 0 N–H and O–H groups in total. The van der Waals surface area contributed by atoms with E-state index in [9.17, 15) is 0 Å². The zero-order chi connectivity index (χ0) is 12.4. The van der Waals surface area contributed by atoms with Gasteiger partial charge in [-0.1, -0.05) is 0 Å². The van der Waals surface area contributed by atoms with Gasteiger partial charge in [0.25, 0.3) is 0 Å². The third-order valence-electron chi connectivity index (χ3n) is 2.38. The van der Waals surface area contributed by atoms with E-state index in [2.05, 4.69) is 10.2 Å². The fourth-order valence-electron chi connectivity index (χ4n) is 1.55. The van der Waals surface area contributed by atoms with Gasteiger partial charge in [0, 0.05) is 18.2 Å². The van der Waals surface area contributed by atoms with Gasteiger partial charge in [-0.25, -0.2) is 0 Å². The van der Waals surface area contributed by atoms with Crippen molar-refractivity contribution in [1.82, 2.24) is 14.8 Å². The fraction of sp³-hybridized carbons (Fsp3) is 0.273. The lowest BCUT2D eigenvalue weighted by molar-refractivity contribution is 0.394. The maximum Gasteiger partial charge on any atom is 0.229 e. The summed E-state index contributed by atoms with van der Waals surface area (Å²) in [7, 11) is 3.19. The molecule has 0 atom stereocenters. The van der Waals surface area contributed by atoms with Crippen LogP contribution < -0.4 is 9.47 Å². The summed E-state index contributed by atoms with van der Waals surface area (Å²) in [5.41, 5.74) is 0.800. The summed E-state index contributed by atoms with van der Waals surface area (Å²) >= 11 is 5.98. The number of hydrogen-bond acceptors (Lipinski definition) is 4. The van der Waals surface area contributed by atoms with Gasteiger partial charge >= 0.3 is 0 Å². The number of methoxy groups -OCH3 is 2. The molecule has 0 unspecified atom stereocenters. The minimum absolute atomic E-state index is 0.304. The van der Waals surface area contributed by atoms with Crippen molar-refractivity contribution >= 4 is 11.6 Å². The molecule has 90 valence electrons. The molecule has 0 amide bonds. The number of aromatic nitrogens is 3. The Bertz CT molecular complexity index is 498. The molecule has 0 saturated carbocycles. The van der Waals surface area contributed by atoms with Gasteiger partial charge in [-0.05, 0) is 18.5 Å². The van der Waals surface area contributed by atoms with Crippen molar-refractivity contribution in [1.29, 1.82) is 0 Å². The SMILES string of the molecule is COc1cc(OC)cc(-n2c(C)nnc2Cl)c1. The molecule has 1 aromatic carbocycles. The zero-order valence-corrected chi connectivity index (χ0v) is 10.5. The molecule has 2 rings (SSSR count). The quantitative estimate of drug-likeness (QED) is 0.842. The topological polar surface area (TPSA) is 49.2 Å². The molecule has 0 fully saturated rings. The summed E-state index contributed by atoms with van der Waals surface area (Å²) in [6.45, 7) is 1.82. The number of nitrogens with zero attached hydrogens (tertiary/aromatic N) is 3. The zero-order valence-electron chi connectivity index (χ0n) is 9.77. The molecule has 0 bridgehead atoms.